The molecular weight excluding hydrogens is 368 g/mol. The Morgan fingerprint density at radius 2 is 1.65 bits per heavy atom. The second-order valence-electron chi connectivity index (χ2n) is 7.23. The number of halogens is 2. The maximum Gasteiger partial charge on any atom is 0.0406 e. The Morgan fingerprint density at radius 1 is 1.00 bits per heavy atom. The minimum atomic E-state index is 0.373. The third kappa shape index (κ3) is 4.28. The number of benzene rings is 2. The van der Waals surface area contributed by atoms with Gasteiger partial charge in [0.25, 0.3) is 0 Å². The summed E-state index contributed by atoms with van der Waals surface area (Å²) in [6, 6.07) is 17.0. The van der Waals surface area contributed by atoms with Gasteiger partial charge in [-0.2, -0.15) is 0 Å². The Bertz CT molecular complexity index is 709. The molecule has 0 aromatic heterocycles. The van der Waals surface area contributed by atoms with E-state index in [1.165, 1.54) is 29.5 Å². The van der Waals surface area contributed by atoms with Crippen molar-refractivity contribution in [1.82, 2.24) is 0 Å². The summed E-state index contributed by atoms with van der Waals surface area (Å²) in [7, 11) is 0. The van der Waals surface area contributed by atoms with Crippen LogP contribution in [0, 0.1) is 5.41 Å². The van der Waals surface area contributed by atoms with Crippen molar-refractivity contribution in [2.45, 2.75) is 39.5 Å². The molecule has 0 aliphatic heterocycles. The van der Waals surface area contributed by atoms with Crippen LogP contribution in [0.15, 0.2) is 58.6 Å². The van der Waals surface area contributed by atoms with Gasteiger partial charge in [-0.25, -0.2) is 0 Å². The zero-order valence-electron chi connectivity index (χ0n) is 13.7. The smallest absolute Gasteiger partial charge is 0.0406 e. The predicted molar refractivity (Wildman–Crippen MR) is 104 cm³/mol. The quantitative estimate of drug-likeness (QED) is 0.516. The van der Waals surface area contributed by atoms with Gasteiger partial charge in [-0.3, -0.25) is 0 Å². The minimum Gasteiger partial charge on any atom is -0.0843 e. The highest BCUT2D eigenvalue weighted by molar-refractivity contribution is 9.10. The van der Waals surface area contributed by atoms with Crippen molar-refractivity contribution in [2.24, 2.45) is 5.41 Å². The van der Waals surface area contributed by atoms with Crippen molar-refractivity contribution in [1.29, 1.82) is 0 Å². The molecule has 0 radical (unpaired) electrons. The van der Waals surface area contributed by atoms with Crippen LogP contribution in [0.5, 0.6) is 0 Å². The minimum absolute atomic E-state index is 0.373. The van der Waals surface area contributed by atoms with Crippen LogP contribution in [0.3, 0.4) is 0 Å². The number of hydrogen-bond acceptors (Lipinski definition) is 0. The topological polar surface area (TPSA) is 0 Å². The van der Waals surface area contributed by atoms with E-state index in [-0.39, 0.29) is 0 Å². The molecule has 0 N–H and O–H groups in total. The van der Waals surface area contributed by atoms with Crippen LogP contribution in [0.25, 0.3) is 5.57 Å². The fraction of sp³-hybridized carbons (Fsp3) is 0.333. The zero-order chi connectivity index (χ0) is 16.4. The molecule has 1 aliphatic carbocycles. The van der Waals surface area contributed by atoms with Crippen molar-refractivity contribution < 1.29 is 0 Å². The van der Waals surface area contributed by atoms with E-state index in [4.69, 9.17) is 11.6 Å². The summed E-state index contributed by atoms with van der Waals surface area (Å²) in [6.07, 6.45) is 4.62. The van der Waals surface area contributed by atoms with Crippen LogP contribution in [-0.4, -0.2) is 0 Å². The molecule has 2 aromatic rings. The molecule has 1 aliphatic rings. The van der Waals surface area contributed by atoms with Crippen LogP contribution in [0.4, 0.5) is 0 Å². The van der Waals surface area contributed by atoms with Crippen LogP contribution < -0.4 is 0 Å². The standard InChI is InChI=1S/C21H22BrCl/c1-21(2)12-11-17(13-15-3-7-18(22)8-4-15)20(14-21)16-5-9-19(23)10-6-16/h3-10H,11-14H2,1-2H3. The molecule has 2 heteroatoms. The third-order valence-electron chi connectivity index (χ3n) is 4.71. The largest absolute Gasteiger partial charge is 0.0843 e. The van der Waals surface area contributed by atoms with Gasteiger partial charge >= 0.3 is 0 Å². The molecule has 0 saturated carbocycles. The molecule has 0 unspecified atom stereocenters. The van der Waals surface area contributed by atoms with Crippen molar-refractivity contribution in [2.75, 3.05) is 0 Å². The maximum atomic E-state index is 6.07. The molecule has 0 nitrogen and oxygen atoms in total. The molecule has 2 aromatic carbocycles. The molecule has 0 bridgehead atoms. The van der Waals surface area contributed by atoms with E-state index in [0.29, 0.717) is 5.41 Å². The first kappa shape index (κ1) is 16.8. The normalized spacial score (nSPS) is 17.4. The summed E-state index contributed by atoms with van der Waals surface area (Å²) in [5.74, 6) is 0. The van der Waals surface area contributed by atoms with Crippen molar-refractivity contribution in [3.05, 3.63) is 74.7 Å². The van der Waals surface area contributed by atoms with E-state index in [1.807, 2.05) is 12.1 Å². The van der Waals surface area contributed by atoms with Crippen molar-refractivity contribution in [3.8, 4) is 0 Å². The van der Waals surface area contributed by atoms with Crippen LogP contribution in [-0.2, 0) is 6.42 Å². The SMILES string of the molecule is CC1(C)CCC(Cc2ccc(Br)cc2)=C(c2ccc(Cl)cc2)C1. The Kier molecular flexibility index (Phi) is 4.98. The highest BCUT2D eigenvalue weighted by atomic mass is 79.9. The summed E-state index contributed by atoms with van der Waals surface area (Å²) >= 11 is 9.58. The van der Waals surface area contributed by atoms with Gasteiger partial charge in [0.1, 0.15) is 0 Å². The highest BCUT2D eigenvalue weighted by Crippen LogP contribution is 2.44. The molecule has 3 rings (SSSR count). The third-order valence-corrected chi connectivity index (χ3v) is 5.49. The lowest BCUT2D eigenvalue weighted by atomic mass is 9.71. The van der Waals surface area contributed by atoms with Crippen LogP contribution in [0.2, 0.25) is 5.02 Å². The Morgan fingerprint density at radius 3 is 2.30 bits per heavy atom. The van der Waals surface area contributed by atoms with Gasteiger partial charge in [0.15, 0.2) is 0 Å². The van der Waals surface area contributed by atoms with Gasteiger partial charge in [-0.15, -0.1) is 0 Å². The molecular formula is C21H22BrCl. The molecule has 0 fully saturated rings. The van der Waals surface area contributed by atoms with Crippen molar-refractivity contribution >= 4 is 33.1 Å². The van der Waals surface area contributed by atoms with Crippen LogP contribution in [0.1, 0.15) is 44.2 Å². The lowest BCUT2D eigenvalue weighted by Crippen LogP contribution is -2.18. The van der Waals surface area contributed by atoms with Gasteiger partial charge in [-0.1, -0.05) is 71.2 Å². The van der Waals surface area contributed by atoms with E-state index in [1.54, 1.807) is 5.57 Å². The summed E-state index contributed by atoms with van der Waals surface area (Å²) in [4.78, 5) is 0. The zero-order valence-corrected chi connectivity index (χ0v) is 16.0. The van der Waals surface area contributed by atoms with Gasteiger partial charge in [0.05, 0.1) is 0 Å². The lowest BCUT2D eigenvalue weighted by Gasteiger charge is -2.34. The molecule has 120 valence electrons. The Hall–Kier alpha value is -1.05. The summed E-state index contributed by atoms with van der Waals surface area (Å²) in [5.41, 5.74) is 6.18. The first-order chi connectivity index (χ1) is 10.9. The lowest BCUT2D eigenvalue weighted by molar-refractivity contribution is 0.330. The summed E-state index contributed by atoms with van der Waals surface area (Å²) < 4.78 is 1.14. The highest BCUT2D eigenvalue weighted by Gasteiger charge is 2.27. The van der Waals surface area contributed by atoms with E-state index >= 15 is 0 Å². The number of hydrogen-bond donors (Lipinski definition) is 0. The van der Waals surface area contributed by atoms with E-state index < -0.39 is 0 Å². The van der Waals surface area contributed by atoms with E-state index in [0.717, 1.165) is 22.3 Å². The maximum absolute atomic E-state index is 6.07. The molecule has 0 heterocycles. The summed E-state index contributed by atoms with van der Waals surface area (Å²) in [5, 5.41) is 0.805. The van der Waals surface area contributed by atoms with E-state index in [9.17, 15) is 0 Å². The van der Waals surface area contributed by atoms with E-state index in [2.05, 4.69) is 66.2 Å². The summed E-state index contributed by atoms with van der Waals surface area (Å²) in [6.45, 7) is 4.75. The molecule has 23 heavy (non-hydrogen) atoms. The average molecular weight is 390 g/mol. The van der Waals surface area contributed by atoms with Gasteiger partial charge in [0.2, 0.25) is 0 Å². The first-order valence-electron chi connectivity index (χ1n) is 8.14. The van der Waals surface area contributed by atoms with Gasteiger partial charge in [-0.05, 0) is 72.1 Å². The molecule has 0 saturated heterocycles. The Balaban J connectivity index is 1.97. The fourth-order valence-corrected chi connectivity index (χ4v) is 3.72. The second kappa shape index (κ2) is 6.83. The monoisotopic (exact) mass is 388 g/mol. The Labute approximate surface area is 152 Å². The average Bonchev–Trinajstić information content (AvgIpc) is 2.52. The molecule has 0 amide bonds. The van der Waals surface area contributed by atoms with Gasteiger partial charge < -0.3 is 0 Å². The second-order valence-corrected chi connectivity index (χ2v) is 8.59. The van der Waals surface area contributed by atoms with Crippen molar-refractivity contribution in [3.63, 3.8) is 0 Å². The predicted octanol–water partition coefficient (Wildman–Crippen LogP) is 7.31. The number of rotatable bonds is 3. The fourth-order valence-electron chi connectivity index (χ4n) is 3.33. The first-order valence-corrected chi connectivity index (χ1v) is 9.31. The molecule has 0 spiro atoms. The molecule has 0 atom stereocenters. The number of allylic oxidation sites excluding steroid dienone is 2. The van der Waals surface area contributed by atoms with Crippen LogP contribution >= 0.6 is 27.5 Å². The van der Waals surface area contributed by atoms with Gasteiger partial charge in [0, 0.05) is 9.50 Å².